The van der Waals surface area contributed by atoms with Crippen LogP contribution in [0.25, 0.3) is 0 Å². The molecule has 2 fully saturated rings. The third kappa shape index (κ3) is 5.13. The summed E-state index contributed by atoms with van der Waals surface area (Å²) in [6.07, 6.45) is 5.37. The summed E-state index contributed by atoms with van der Waals surface area (Å²) >= 11 is 0. The van der Waals surface area contributed by atoms with E-state index in [4.69, 9.17) is 9.47 Å². The Morgan fingerprint density at radius 1 is 1.36 bits per heavy atom. The molecule has 2 aliphatic heterocycles. The fraction of sp³-hybridized carbons (Fsp3) is 0.941. The zero-order valence-electron chi connectivity index (χ0n) is 14.6. The molecule has 0 aromatic heterocycles. The van der Waals surface area contributed by atoms with E-state index < -0.39 is 5.60 Å². The molecule has 5 nitrogen and oxygen atoms in total. The van der Waals surface area contributed by atoms with Gasteiger partial charge in [0.05, 0.1) is 5.60 Å². The second-order valence-corrected chi connectivity index (χ2v) is 7.86. The Labute approximate surface area is 134 Å². The summed E-state index contributed by atoms with van der Waals surface area (Å²) in [5.74, 6) is 0. The predicted octanol–water partition coefficient (Wildman–Crippen LogP) is 2.93. The number of ether oxygens (including phenoxy) is 2. The van der Waals surface area contributed by atoms with Crippen molar-refractivity contribution in [3.8, 4) is 0 Å². The molecule has 0 saturated carbocycles. The number of hydrogen-bond acceptors (Lipinski definition) is 4. The Hall–Kier alpha value is -0.810. The molecule has 0 aromatic rings. The van der Waals surface area contributed by atoms with Gasteiger partial charge in [-0.1, -0.05) is 0 Å². The van der Waals surface area contributed by atoms with Gasteiger partial charge in [-0.05, 0) is 59.8 Å². The first-order valence-electron chi connectivity index (χ1n) is 8.63. The fourth-order valence-electron chi connectivity index (χ4n) is 3.25. The van der Waals surface area contributed by atoms with Gasteiger partial charge in [0.25, 0.3) is 0 Å². The van der Waals surface area contributed by atoms with Crippen LogP contribution in [0.1, 0.15) is 59.8 Å². The third-order valence-electron chi connectivity index (χ3n) is 4.43. The second kappa shape index (κ2) is 7.18. The summed E-state index contributed by atoms with van der Waals surface area (Å²) < 4.78 is 11.3. The van der Waals surface area contributed by atoms with Crippen LogP contribution in [0.2, 0.25) is 0 Å². The Morgan fingerprint density at radius 2 is 2.14 bits per heavy atom. The summed E-state index contributed by atoms with van der Waals surface area (Å²) in [6.45, 7) is 11.3. The predicted molar refractivity (Wildman–Crippen MR) is 87.0 cm³/mol. The number of carbonyl (C=O) groups excluding carboxylic acids is 1. The third-order valence-corrected chi connectivity index (χ3v) is 4.43. The van der Waals surface area contributed by atoms with Crippen LogP contribution in [0.4, 0.5) is 4.79 Å². The summed E-state index contributed by atoms with van der Waals surface area (Å²) in [6, 6.07) is 0.230. The van der Waals surface area contributed by atoms with Gasteiger partial charge in [-0.15, -0.1) is 0 Å². The highest BCUT2D eigenvalue weighted by Gasteiger charge is 2.32. The molecule has 0 bridgehead atoms. The van der Waals surface area contributed by atoms with Gasteiger partial charge in [0, 0.05) is 32.3 Å². The van der Waals surface area contributed by atoms with Gasteiger partial charge < -0.3 is 19.7 Å². The van der Waals surface area contributed by atoms with Crippen LogP contribution in [-0.4, -0.2) is 54.5 Å². The average Bonchev–Trinajstić information content (AvgIpc) is 2.84. The fourth-order valence-corrected chi connectivity index (χ4v) is 3.25. The molecule has 22 heavy (non-hydrogen) atoms. The molecule has 2 aliphatic rings. The molecule has 5 heteroatoms. The molecular formula is C17H32N2O3. The van der Waals surface area contributed by atoms with Gasteiger partial charge in [0.1, 0.15) is 5.60 Å². The lowest BCUT2D eigenvalue weighted by molar-refractivity contribution is 0.00583. The maximum absolute atomic E-state index is 12.4. The number of nitrogens with one attached hydrogen (secondary N) is 1. The molecule has 0 radical (unpaired) electrons. The van der Waals surface area contributed by atoms with Crippen molar-refractivity contribution >= 4 is 6.09 Å². The first-order chi connectivity index (χ1) is 10.3. The molecule has 0 aliphatic carbocycles. The van der Waals surface area contributed by atoms with Crippen molar-refractivity contribution in [1.29, 1.82) is 0 Å². The van der Waals surface area contributed by atoms with Gasteiger partial charge >= 0.3 is 6.09 Å². The van der Waals surface area contributed by atoms with Crippen LogP contribution in [0.5, 0.6) is 0 Å². The summed E-state index contributed by atoms with van der Waals surface area (Å²) in [4.78, 5) is 14.3. The van der Waals surface area contributed by atoms with Crippen LogP contribution in [-0.2, 0) is 9.47 Å². The van der Waals surface area contributed by atoms with Crippen molar-refractivity contribution in [3.05, 3.63) is 0 Å². The summed E-state index contributed by atoms with van der Waals surface area (Å²) in [5, 5.41) is 3.51. The number of hydrogen-bond donors (Lipinski definition) is 1. The van der Waals surface area contributed by atoms with Crippen molar-refractivity contribution in [2.75, 3.05) is 26.2 Å². The van der Waals surface area contributed by atoms with Crippen LogP contribution >= 0.6 is 0 Å². The lowest BCUT2D eigenvalue weighted by Crippen LogP contribution is -2.51. The van der Waals surface area contributed by atoms with Crippen molar-refractivity contribution in [1.82, 2.24) is 10.2 Å². The summed E-state index contributed by atoms with van der Waals surface area (Å²) in [7, 11) is 0. The van der Waals surface area contributed by atoms with Crippen molar-refractivity contribution in [3.63, 3.8) is 0 Å². The maximum Gasteiger partial charge on any atom is 0.410 e. The molecule has 2 heterocycles. The maximum atomic E-state index is 12.4. The van der Waals surface area contributed by atoms with E-state index in [2.05, 4.69) is 12.2 Å². The molecular weight excluding hydrogens is 280 g/mol. The van der Waals surface area contributed by atoms with E-state index in [0.717, 1.165) is 51.9 Å². The molecule has 128 valence electrons. The minimum absolute atomic E-state index is 0.0363. The molecule has 1 N–H and O–H groups in total. The first kappa shape index (κ1) is 17.5. The molecule has 2 unspecified atom stereocenters. The normalized spacial score (nSPS) is 29.6. The lowest BCUT2D eigenvalue weighted by Gasteiger charge is -2.37. The monoisotopic (exact) mass is 312 g/mol. The SMILES string of the molecule is CC(C)(C)OC(=O)N1CCCCC1CNCC1(C)CCCO1. The van der Waals surface area contributed by atoms with E-state index in [-0.39, 0.29) is 17.7 Å². The number of nitrogens with zero attached hydrogens (tertiary/aromatic N) is 1. The van der Waals surface area contributed by atoms with Gasteiger partial charge in [-0.3, -0.25) is 0 Å². The first-order valence-corrected chi connectivity index (χ1v) is 8.63. The minimum Gasteiger partial charge on any atom is -0.444 e. The number of amides is 1. The highest BCUT2D eigenvalue weighted by atomic mass is 16.6. The second-order valence-electron chi connectivity index (χ2n) is 7.86. The summed E-state index contributed by atoms with van der Waals surface area (Å²) in [5.41, 5.74) is -0.469. The minimum atomic E-state index is -0.433. The van der Waals surface area contributed by atoms with Crippen molar-refractivity contribution < 1.29 is 14.3 Å². The van der Waals surface area contributed by atoms with Crippen LogP contribution < -0.4 is 5.32 Å². The number of piperidine rings is 1. The highest BCUT2D eigenvalue weighted by Crippen LogP contribution is 2.24. The van der Waals surface area contributed by atoms with Crippen molar-refractivity contribution in [2.24, 2.45) is 0 Å². The largest absolute Gasteiger partial charge is 0.444 e. The zero-order chi connectivity index (χ0) is 16.2. The van der Waals surface area contributed by atoms with Crippen LogP contribution in [0.15, 0.2) is 0 Å². The van der Waals surface area contributed by atoms with E-state index in [1.54, 1.807) is 0 Å². The standard InChI is InChI=1S/C17H32N2O3/c1-16(2,3)22-15(20)19-10-6-5-8-14(19)12-18-13-17(4)9-7-11-21-17/h14,18H,5-13H2,1-4H3. The lowest BCUT2D eigenvalue weighted by atomic mass is 10.0. The van der Waals surface area contributed by atoms with E-state index >= 15 is 0 Å². The smallest absolute Gasteiger partial charge is 0.410 e. The Kier molecular flexibility index (Phi) is 5.72. The molecule has 1 amide bonds. The van der Waals surface area contributed by atoms with Crippen LogP contribution in [0.3, 0.4) is 0 Å². The van der Waals surface area contributed by atoms with Gasteiger partial charge in [-0.25, -0.2) is 4.79 Å². The van der Waals surface area contributed by atoms with E-state index in [1.807, 2.05) is 25.7 Å². The van der Waals surface area contributed by atoms with Gasteiger partial charge in [-0.2, -0.15) is 0 Å². The highest BCUT2D eigenvalue weighted by molar-refractivity contribution is 5.68. The average molecular weight is 312 g/mol. The number of carbonyl (C=O) groups is 1. The quantitative estimate of drug-likeness (QED) is 0.867. The van der Waals surface area contributed by atoms with E-state index in [9.17, 15) is 4.79 Å². The Balaban J connectivity index is 1.83. The number of rotatable bonds is 4. The van der Waals surface area contributed by atoms with Crippen LogP contribution in [0, 0.1) is 0 Å². The zero-order valence-corrected chi connectivity index (χ0v) is 14.6. The molecule has 2 atom stereocenters. The molecule has 0 aromatic carbocycles. The van der Waals surface area contributed by atoms with E-state index in [0.29, 0.717) is 0 Å². The topological polar surface area (TPSA) is 50.8 Å². The molecule has 0 spiro atoms. The van der Waals surface area contributed by atoms with Gasteiger partial charge in [0.2, 0.25) is 0 Å². The van der Waals surface area contributed by atoms with Crippen molar-refractivity contribution in [2.45, 2.75) is 77.0 Å². The van der Waals surface area contributed by atoms with Gasteiger partial charge in [0.15, 0.2) is 0 Å². The number of likely N-dealkylation sites (tertiary alicyclic amines) is 1. The van der Waals surface area contributed by atoms with E-state index in [1.165, 1.54) is 6.42 Å². The molecule has 2 rings (SSSR count). The Morgan fingerprint density at radius 3 is 2.77 bits per heavy atom. The molecule has 2 saturated heterocycles. The Bertz CT molecular complexity index is 373.